The second-order valence-electron chi connectivity index (χ2n) is 5.98. The third-order valence-corrected chi connectivity index (χ3v) is 4.60. The number of hydrogen-bond acceptors (Lipinski definition) is 3. The summed E-state index contributed by atoms with van der Waals surface area (Å²) in [6.45, 7) is 5.73. The lowest BCUT2D eigenvalue weighted by molar-refractivity contribution is 0.0826. The molecule has 0 aromatic carbocycles. The fraction of sp³-hybridized carbons (Fsp3) is 0.667. The van der Waals surface area contributed by atoms with Gasteiger partial charge in [0.15, 0.2) is 0 Å². The van der Waals surface area contributed by atoms with Crippen molar-refractivity contribution in [2.45, 2.75) is 50.7 Å². The Hall–Kier alpha value is -0.930. The first-order valence-corrected chi connectivity index (χ1v) is 7.15. The van der Waals surface area contributed by atoms with Gasteiger partial charge in [-0.3, -0.25) is 9.88 Å². The van der Waals surface area contributed by atoms with Gasteiger partial charge in [-0.25, -0.2) is 0 Å². The Bertz CT molecular complexity index is 384. The van der Waals surface area contributed by atoms with Crippen molar-refractivity contribution in [1.29, 1.82) is 0 Å². The molecule has 1 spiro atoms. The van der Waals surface area contributed by atoms with Crippen LogP contribution >= 0.6 is 0 Å². The van der Waals surface area contributed by atoms with Crippen molar-refractivity contribution in [2.24, 2.45) is 0 Å². The van der Waals surface area contributed by atoms with Gasteiger partial charge in [0.1, 0.15) is 0 Å². The van der Waals surface area contributed by atoms with Crippen LogP contribution in [0.3, 0.4) is 0 Å². The van der Waals surface area contributed by atoms with E-state index in [1.807, 2.05) is 12.4 Å². The van der Waals surface area contributed by atoms with Crippen LogP contribution in [0.2, 0.25) is 0 Å². The molecule has 2 fully saturated rings. The van der Waals surface area contributed by atoms with Crippen LogP contribution in [-0.2, 0) is 6.54 Å². The fourth-order valence-electron chi connectivity index (χ4n) is 3.41. The van der Waals surface area contributed by atoms with Crippen molar-refractivity contribution < 1.29 is 0 Å². The van der Waals surface area contributed by atoms with Crippen molar-refractivity contribution in [3.05, 3.63) is 30.1 Å². The summed E-state index contributed by atoms with van der Waals surface area (Å²) < 4.78 is 0. The van der Waals surface area contributed by atoms with Gasteiger partial charge in [0.2, 0.25) is 0 Å². The minimum atomic E-state index is 0.416. The zero-order valence-electron chi connectivity index (χ0n) is 11.2. The van der Waals surface area contributed by atoms with Crippen LogP contribution in [-0.4, -0.2) is 34.6 Å². The van der Waals surface area contributed by atoms with E-state index in [-0.39, 0.29) is 0 Å². The Kier molecular flexibility index (Phi) is 3.35. The third-order valence-electron chi connectivity index (χ3n) is 4.60. The second-order valence-corrected chi connectivity index (χ2v) is 5.98. The maximum absolute atomic E-state index is 4.10. The van der Waals surface area contributed by atoms with Gasteiger partial charge in [0, 0.05) is 43.6 Å². The van der Waals surface area contributed by atoms with Gasteiger partial charge in [0.25, 0.3) is 0 Å². The summed E-state index contributed by atoms with van der Waals surface area (Å²) in [7, 11) is 0. The molecule has 1 aromatic heterocycles. The number of pyridine rings is 1. The molecule has 1 saturated heterocycles. The van der Waals surface area contributed by atoms with Crippen molar-refractivity contribution >= 4 is 0 Å². The molecule has 1 aromatic rings. The Balaban J connectivity index is 1.70. The van der Waals surface area contributed by atoms with E-state index < -0.39 is 0 Å². The molecule has 1 aliphatic heterocycles. The molecule has 0 radical (unpaired) electrons. The van der Waals surface area contributed by atoms with Gasteiger partial charge in [-0.05, 0) is 37.5 Å². The van der Waals surface area contributed by atoms with E-state index in [4.69, 9.17) is 0 Å². The number of rotatable bonds is 2. The SMILES string of the molecule is CC1CNC2(CCCC2)CN1Cc1ccncc1. The largest absolute Gasteiger partial charge is 0.308 e. The number of nitrogens with zero attached hydrogens (tertiary/aromatic N) is 2. The molecular weight excluding hydrogens is 222 g/mol. The molecule has 1 saturated carbocycles. The number of hydrogen-bond donors (Lipinski definition) is 1. The highest BCUT2D eigenvalue weighted by Crippen LogP contribution is 2.33. The summed E-state index contributed by atoms with van der Waals surface area (Å²) in [5.41, 5.74) is 1.80. The van der Waals surface area contributed by atoms with Gasteiger partial charge in [0.05, 0.1) is 0 Å². The zero-order valence-corrected chi connectivity index (χ0v) is 11.2. The van der Waals surface area contributed by atoms with Gasteiger partial charge in [-0.15, -0.1) is 0 Å². The molecule has 1 aliphatic carbocycles. The summed E-state index contributed by atoms with van der Waals surface area (Å²) in [5, 5.41) is 3.81. The monoisotopic (exact) mass is 245 g/mol. The van der Waals surface area contributed by atoms with Gasteiger partial charge in [-0.1, -0.05) is 12.8 Å². The first kappa shape index (κ1) is 12.1. The first-order valence-electron chi connectivity index (χ1n) is 7.15. The Morgan fingerprint density at radius 1 is 1.33 bits per heavy atom. The summed E-state index contributed by atoms with van der Waals surface area (Å²) in [6, 6.07) is 4.90. The van der Waals surface area contributed by atoms with Crippen molar-refractivity contribution in [3.63, 3.8) is 0 Å². The predicted molar refractivity (Wildman–Crippen MR) is 73.3 cm³/mol. The highest BCUT2D eigenvalue weighted by molar-refractivity contribution is 5.11. The van der Waals surface area contributed by atoms with Gasteiger partial charge >= 0.3 is 0 Å². The smallest absolute Gasteiger partial charge is 0.0309 e. The van der Waals surface area contributed by atoms with Gasteiger partial charge in [-0.2, -0.15) is 0 Å². The van der Waals surface area contributed by atoms with Crippen molar-refractivity contribution in [3.8, 4) is 0 Å². The lowest BCUT2D eigenvalue weighted by Gasteiger charge is -2.45. The first-order chi connectivity index (χ1) is 8.77. The van der Waals surface area contributed by atoms with Crippen LogP contribution < -0.4 is 5.32 Å². The average molecular weight is 245 g/mol. The Morgan fingerprint density at radius 3 is 2.78 bits per heavy atom. The van der Waals surface area contributed by atoms with Crippen molar-refractivity contribution in [1.82, 2.24) is 15.2 Å². The third kappa shape index (κ3) is 2.43. The normalized spacial score (nSPS) is 27.7. The Morgan fingerprint density at radius 2 is 2.06 bits per heavy atom. The van der Waals surface area contributed by atoms with E-state index in [1.165, 1.54) is 37.8 Å². The lowest BCUT2D eigenvalue weighted by atomic mass is 9.92. The van der Waals surface area contributed by atoms with Crippen LogP contribution in [0, 0.1) is 0 Å². The van der Waals surface area contributed by atoms with Crippen LogP contribution in [0.4, 0.5) is 0 Å². The highest BCUT2D eigenvalue weighted by atomic mass is 15.2. The van der Waals surface area contributed by atoms with E-state index >= 15 is 0 Å². The molecule has 3 rings (SSSR count). The fourth-order valence-corrected chi connectivity index (χ4v) is 3.41. The molecule has 0 amide bonds. The summed E-state index contributed by atoms with van der Waals surface area (Å²) in [6.07, 6.45) is 9.29. The standard InChI is InChI=1S/C15H23N3/c1-13-10-17-15(6-2-3-7-15)12-18(13)11-14-4-8-16-9-5-14/h4-5,8-9,13,17H,2-3,6-7,10-12H2,1H3. The van der Waals surface area contributed by atoms with Crippen LogP contribution in [0.5, 0.6) is 0 Å². The highest BCUT2D eigenvalue weighted by Gasteiger charge is 2.39. The molecule has 0 bridgehead atoms. The summed E-state index contributed by atoms with van der Waals surface area (Å²) in [4.78, 5) is 6.73. The summed E-state index contributed by atoms with van der Waals surface area (Å²) in [5.74, 6) is 0. The van der Waals surface area contributed by atoms with E-state index in [0.29, 0.717) is 11.6 Å². The van der Waals surface area contributed by atoms with Crippen LogP contribution in [0.1, 0.15) is 38.2 Å². The Labute approximate surface area is 110 Å². The average Bonchev–Trinajstić information content (AvgIpc) is 2.84. The maximum Gasteiger partial charge on any atom is 0.0309 e. The molecule has 3 nitrogen and oxygen atoms in total. The van der Waals surface area contributed by atoms with E-state index in [9.17, 15) is 0 Å². The van der Waals surface area contributed by atoms with E-state index in [1.54, 1.807) is 0 Å². The van der Waals surface area contributed by atoms with Crippen molar-refractivity contribution in [2.75, 3.05) is 13.1 Å². The molecule has 98 valence electrons. The molecule has 2 aliphatic rings. The minimum absolute atomic E-state index is 0.416. The summed E-state index contributed by atoms with van der Waals surface area (Å²) >= 11 is 0. The molecule has 1 unspecified atom stereocenters. The molecule has 18 heavy (non-hydrogen) atoms. The molecular formula is C15H23N3. The van der Waals surface area contributed by atoms with Gasteiger partial charge < -0.3 is 5.32 Å². The minimum Gasteiger partial charge on any atom is -0.308 e. The molecule has 1 N–H and O–H groups in total. The number of nitrogens with one attached hydrogen (secondary N) is 1. The number of piperazine rings is 1. The van der Waals surface area contributed by atoms with Crippen LogP contribution in [0.25, 0.3) is 0 Å². The molecule has 2 heterocycles. The lowest BCUT2D eigenvalue weighted by Crippen LogP contribution is -2.62. The quantitative estimate of drug-likeness (QED) is 0.865. The topological polar surface area (TPSA) is 28.2 Å². The van der Waals surface area contributed by atoms with E-state index in [0.717, 1.165) is 13.1 Å². The molecule has 1 atom stereocenters. The molecule has 3 heteroatoms. The zero-order chi connectivity index (χ0) is 12.4. The predicted octanol–water partition coefficient (Wildman–Crippen LogP) is 2.19. The van der Waals surface area contributed by atoms with Crippen LogP contribution in [0.15, 0.2) is 24.5 Å². The number of aromatic nitrogens is 1. The maximum atomic E-state index is 4.10. The second kappa shape index (κ2) is 4.98. The van der Waals surface area contributed by atoms with E-state index in [2.05, 4.69) is 34.3 Å².